The van der Waals surface area contributed by atoms with Crippen LogP contribution in [0.4, 0.5) is 0 Å². The van der Waals surface area contributed by atoms with Crippen molar-refractivity contribution in [1.29, 1.82) is 0 Å². The molecule has 0 aromatic heterocycles. The van der Waals surface area contributed by atoms with Gasteiger partial charge in [-0.05, 0) is 19.8 Å². The summed E-state index contributed by atoms with van der Waals surface area (Å²) in [6.45, 7) is 3.97. The number of ether oxygens (including phenoxy) is 1. The Bertz CT molecular complexity index is 180. The summed E-state index contributed by atoms with van der Waals surface area (Å²) in [4.78, 5) is 0. The van der Waals surface area contributed by atoms with Crippen LogP contribution in [0.15, 0.2) is 0 Å². The highest BCUT2D eigenvalue weighted by molar-refractivity contribution is 4.92. The van der Waals surface area contributed by atoms with Crippen LogP contribution < -0.4 is 5.32 Å². The monoisotopic (exact) mass is 185 g/mol. The predicted molar refractivity (Wildman–Crippen MR) is 50.6 cm³/mol. The molecule has 2 unspecified atom stereocenters. The number of rotatable bonds is 2. The number of aliphatic hydroxyl groups excluding tert-OH is 1. The topological polar surface area (TPSA) is 41.5 Å². The molecule has 2 rings (SSSR count). The highest BCUT2D eigenvalue weighted by atomic mass is 16.5. The van der Waals surface area contributed by atoms with Crippen molar-refractivity contribution in [2.75, 3.05) is 13.1 Å². The third-order valence-electron chi connectivity index (χ3n) is 3.10. The zero-order chi connectivity index (χ0) is 9.31. The summed E-state index contributed by atoms with van der Waals surface area (Å²) in [6.07, 6.45) is 4.14. The smallest absolute Gasteiger partial charge is 0.0906 e. The Morgan fingerprint density at radius 2 is 2.00 bits per heavy atom. The molecule has 3 heteroatoms. The molecule has 2 aliphatic rings. The standard InChI is InChI=1S/C10H19NO2/c1-10(6-11-7-10)13-9-5-3-2-4-8(9)12/h8-9,11-12H,2-7H2,1H3. The molecule has 1 saturated heterocycles. The van der Waals surface area contributed by atoms with Gasteiger partial charge in [0.1, 0.15) is 0 Å². The van der Waals surface area contributed by atoms with Gasteiger partial charge in [-0.1, -0.05) is 12.8 Å². The van der Waals surface area contributed by atoms with Gasteiger partial charge in [0, 0.05) is 13.1 Å². The largest absolute Gasteiger partial charge is 0.390 e. The van der Waals surface area contributed by atoms with Crippen LogP contribution in [-0.4, -0.2) is 36.0 Å². The summed E-state index contributed by atoms with van der Waals surface area (Å²) in [5, 5.41) is 12.9. The van der Waals surface area contributed by atoms with E-state index in [1.165, 1.54) is 6.42 Å². The molecule has 0 aromatic rings. The maximum Gasteiger partial charge on any atom is 0.0906 e. The summed E-state index contributed by atoms with van der Waals surface area (Å²) < 4.78 is 5.91. The fraction of sp³-hybridized carbons (Fsp3) is 1.00. The second-order valence-electron chi connectivity index (χ2n) is 4.56. The van der Waals surface area contributed by atoms with E-state index in [1.54, 1.807) is 0 Å². The lowest BCUT2D eigenvalue weighted by Crippen LogP contribution is -2.61. The minimum Gasteiger partial charge on any atom is -0.390 e. The SMILES string of the molecule is CC1(OC2CCCCC2O)CNC1. The van der Waals surface area contributed by atoms with Crippen LogP contribution in [-0.2, 0) is 4.74 Å². The van der Waals surface area contributed by atoms with Gasteiger partial charge in [0.25, 0.3) is 0 Å². The molecular weight excluding hydrogens is 166 g/mol. The lowest BCUT2D eigenvalue weighted by atomic mass is 9.92. The Labute approximate surface area is 79.5 Å². The summed E-state index contributed by atoms with van der Waals surface area (Å²) in [5.74, 6) is 0. The molecule has 0 spiro atoms. The molecule has 1 aliphatic heterocycles. The minimum absolute atomic E-state index is 0.0109. The summed E-state index contributed by atoms with van der Waals surface area (Å²) in [6, 6.07) is 0. The molecule has 2 N–H and O–H groups in total. The van der Waals surface area contributed by atoms with Crippen molar-refractivity contribution in [2.24, 2.45) is 0 Å². The second-order valence-corrected chi connectivity index (χ2v) is 4.56. The fourth-order valence-electron chi connectivity index (χ4n) is 2.14. The lowest BCUT2D eigenvalue weighted by Gasteiger charge is -2.43. The van der Waals surface area contributed by atoms with Gasteiger partial charge in [-0.2, -0.15) is 0 Å². The first-order valence-electron chi connectivity index (χ1n) is 5.26. The Hall–Kier alpha value is -0.120. The van der Waals surface area contributed by atoms with Crippen LogP contribution in [0.25, 0.3) is 0 Å². The Morgan fingerprint density at radius 1 is 1.31 bits per heavy atom. The van der Waals surface area contributed by atoms with Crippen LogP contribution in [0.5, 0.6) is 0 Å². The quantitative estimate of drug-likeness (QED) is 0.664. The van der Waals surface area contributed by atoms with Crippen LogP contribution in [0.3, 0.4) is 0 Å². The number of hydrogen-bond donors (Lipinski definition) is 2. The van der Waals surface area contributed by atoms with E-state index < -0.39 is 0 Å². The molecule has 1 aliphatic carbocycles. The molecular formula is C10H19NO2. The number of aliphatic hydroxyl groups is 1. The number of hydrogen-bond acceptors (Lipinski definition) is 3. The lowest BCUT2D eigenvalue weighted by molar-refractivity contribution is -0.157. The Morgan fingerprint density at radius 3 is 2.54 bits per heavy atom. The first-order chi connectivity index (χ1) is 6.20. The molecule has 1 heterocycles. The first kappa shape index (κ1) is 9.44. The van der Waals surface area contributed by atoms with Gasteiger partial charge in [-0.15, -0.1) is 0 Å². The van der Waals surface area contributed by atoms with Crippen molar-refractivity contribution in [3.05, 3.63) is 0 Å². The summed E-state index contributed by atoms with van der Waals surface area (Å²) >= 11 is 0. The molecule has 0 radical (unpaired) electrons. The van der Waals surface area contributed by atoms with Gasteiger partial charge in [-0.3, -0.25) is 0 Å². The zero-order valence-electron chi connectivity index (χ0n) is 8.25. The highest BCUT2D eigenvalue weighted by Crippen LogP contribution is 2.27. The van der Waals surface area contributed by atoms with Crippen LogP contribution >= 0.6 is 0 Å². The average molecular weight is 185 g/mol. The fourth-order valence-corrected chi connectivity index (χ4v) is 2.14. The molecule has 3 nitrogen and oxygen atoms in total. The molecule has 1 saturated carbocycles. The Kier molecular flexibility index (Phi) is 2.58. The van der Waals surface area contributed by atoms with E-state index in [2.05, 4.69) is 12.2 Å². The summed E-state index contributed by atoms with van der Waals surface area (Å²) in [5.41, 5.74) is -0.0109. The van der Waals surface area contributed by atoms with Crippen molar-refractivity contribution in [3.63, 3.8) is 0 Å². The molecule has 76 valence electrons. The van der Waals surface area contributed by atoms with E-state index >= 15 is 0 Å². The van der Waals surface area contributed by atoms with E-state index in [1.807, 2.05) is 0 Å². The molecule has 0 amide bonds. The van der Waals surface area contributed by atoms with Gasteiger partial charge < -0.3 is 15.2 Å². The van der Waals surface area contributed by atoms with Crippen molar-refractivity contribution in [1.82, 2.24) is 5.32 Å². The summed E-state index contributed by atoms with van der Waals surface area (Å²) in [7, 11) is 0. The van der Waals surface area contributed by atoms with Crippen LogP contribution in [0.1, 0.15) is 32.6 Å². The predicted octanol–water partition coefficient (Wildman–Crippen LogP) is 0.668. The van der Waals surface area contributed by atoms with Crippen LogP contribution in [0.2, 0.25) is 0 Å². The number of nitrogens with one attached hydrogen (secondary N) is 1. The van der Waals surface area contributed by atoms with Gasteiger partial charge in [0.05, 0.1) is 17.8 Å². The second kappa shape index (κ2) is 3.56. The van der Waals surface area contributed by atoms with Crippen molar-refractivity contribution < 1.29 is 9.84 Å². The van der Waals surface area contributed by atoms with Crippen molar-refractivity contribution in [2.45, 2.75) is 50.4 Å². The van der Waals surface area contributed by atoms with Crippen LogP contribution in [0, 0.1) is 0 Å². The maximum absolute atomic E-state index is 9.71. The van der Waals surface area contributed by atoms with E-state index in [-0.39, 0.29) is 17.8 Å². The van der Waals surface area contributed by atoms with Crippen molar-refractivity contribution >= 4 is 0 Å². The van der Waals surface area contributed by atoms with E-state index in [0.717, 1.165) is 32.4 Å². The molecule has 0 bridgehead atoms. The molecule has 2 fully saturated rings. The van der Waals surface area contributed by atoms with Gasteiger partial charge >= 0.3 is 0 Å². The third kappa shape index (κ3) is 2.03. The minimum atomic E-state index is -0.230. The normalized spacial score (nSPS) is 38.3. The highest BCUT2D eigenvalue weighted by Gasteiger charge is 2.37. The van der Waals surface area contributed by atoms with Gasteiger partial charge in [0.2, 0.25) is 0 Å². The Balaban J connectivity index is 1.85. The van der Waals surface area contributed by atoms with Gasteiger partial charge in [0.15, 0.2) is 0 Å². The van der Waals surface area contributed by atoms with E-state index in [9.17, 15) is 5.11 Å². The zero-order valence-corrected chi connectivity index (χ0v) is 8.25. The van der Waals surface area contributed by atoms with Crippen molar-refractivity contribution in [3.8, 4) is 0 Å². The van der Waals surface area contributed by atoms with Gasteiger partial charge in [-0.25, -0.2) is 0 Å². The maximum atomic E-state index is 9.71. The average Bonchev–Trinajstić information content (AvgIpc) is 2.06. The first-order valence-corrected chi connectivity index (χ1v) is 5.26. The third-order valence-corrected chi connectivity index (χ3v) is 3.10. The molecule has 2 atom stereocenters. The van der Waals surface area contributed by atoms with E-state index in [0.29, 0.717) is 0 Å². The van der Waals surface area contributed by atoms with E-state index in [4.69, 9.17) is 4.74 Å². The molecule has 13 heavy (non-hydrogen) atoms. The molecule has 0 aromatic carbocycles.